The van der Waals surface area contributed by atoms with E-state index in [1.807, 2.05) is 16.7 Å². The second-order valence-electron chi connectivity index (χ2n) is 8.12. The molecule has 3 aliphatic rings. The molecule has 6 nitrogen and oxygen atoms in total. The first-order chi connectivity index (χ1) is 12.4. The van der Waals surface area contributed by atoms with E-state index in [0.29, 0.717) is 39.1 Å². The van der Waals surface area contributed by atoms with Crippen LogP contribution in [0.4, 0.5) is 21.7 Å². The molecule has 3 fully saturated rings. The van der Waals surface area contributed by atoms with Gasteiger partial charge in [0.15, 0.2) is 5.82 Å². The first-order valence-corrected chi connectivity index (χ1v) is 9.43. The number of hydrogen-bond donors (Lipinski definition) is 0. The summed E-state index contributed by atoms with van der Waals surface area (Å²) < 4.78 is 19.3. The van der Waals surface area contributed by atoms with Crippen molar-refractivity contribution in [3.05, 3.63) is 11.6 Å². The van der Waals surface area contributed by atoms with E-state index >= 15 is 0 Å². The standard InChI is InChI=1S/C19H27FN4O2/c1-13-10-15(24-16(25)11-19(24,2)3)18(23-5-4-14(20)12-23)21-17(13)22-6-8-26-9-7-22/h10,14H,4-9,11-12H2,1-3H3. The number of aromatic nitrogens is 1. The highest BCUT2D eigenvalue weighted by atomic mass is 19.1. The predicted octanol–water partition coefficient (Wildman–Crippen LogP) is 2.29. The zero-order valence-corrected chi connectivity index (χ0v) is 15.8. The van der Waals surface area contributed by atoms with Crippen LogP contribution in [0.1, 0.15) is 32.3 Å². The summed E-state index contributed by atoms with van der Waals surface area (Å²) in [6.07, 6.45) is 0.208. The second-order valence-corrected chi connectivity index (χ2v) is 8.12. The van der Waals surface area contributed by atoms with Crippen molar-refractivity contribution in [2.75, 3.05) is 54.1 Å². The Morgan fingerprint density at radius 1 is 1.19 bits per heavy atom. The molecule has 0 N–H and O–H groups in total. The first-order valence-electron chi connectivity index (χ1n) is 9.43. The van der Waals surface area contributed by atoms with Crippen LogP contribution < -0.4 is 14.7 Å². The van der Waals surface area contributed by atoms with Crippen LogP contribution in [-0.4, -0.2) is 62.0 Å². The van der Waals surface area contributed by atoms with Gasteiger partial charge in [-0.1, -0.05) is 0 Å². The van der Waals surface area contributed by atoms with Gasteiger partial charge in [0, 0.05) is 19.6 Å². The SMILES string of the molecule is Cc1cc(N2C(=O)CC2(C)C)c(N2CCC(F)C2)nc1N1CCOCC1. The van der Waals surface area contributed by atoms with Gasteiger partial charge in [0.05, 0.1) is 37.4 Å². The molecule has 1 aromatic heterocycles. The molecule has 7 heteroatoms. The van der Waals surface area contributed by atoms with Crippen molar-refractivity contribution in [1.82, 2.24) is 4.98 Å². The molecule has 3 saturated heterocycles. The number of alkyl halides is 1. The Bertz CT molecular complexity index is 718. The number of halogens is 1. The van der Waals surface area contributed by atoms with E-state index in [2.05, 4.69) is 24.8 Å². The van der Waals surface area contributed by atoms with Crippen LogP contribution in [0.2, 0.25) is 0 Å². The fourth-order valence-electron chi connectivity index (χ4n) is 4.22. The van der Waals surface area contributed by atoms with Crippen molar-refractivity contribution < 1.29 is 13.9 Å². The van der Waals surface area contributed by atoms with Gasteiger partial charge in [0.25, 0.3) is 0 Å². The lowest BCUT2D eigenvalue weighted by Crippen LogP contribution is -2.60. The quantitative estimate of drug-likeness (QED) is 0.772. The number of rotatable bonds is 3. The number of hydrogen-bond acceptors (Lipinski definition) is 5. The van der Waals surface area contributed by atoms with E-state index < -0.39 is 6.17 Å². The van der Waals surface area contributed by atoms with Gasteiger partial charge in [-0.25, -0.2) is 9.37 Å². The Morgan fingerprint density at radius 2 is 1.92 bits per heavy atom. The van der Waals surface area contributed by atoms with Crippen molar-refractivity contribution in [3.8, 4) is 0 Å². The number of pyridine rings is 1. The van der Waals surface area contributed by atoms with Crippen molar-refractivity contribution in [2.24, 2.45) is 0 Å². The van der Waals surface area contributed by atoms with Crippen molar-refractivity contribution in [3.63, 3.8) is 0 Å². The average Bonchev–Trinajstić information content (AvgIpc) is 3.01. The number of morpholine rings is 1. The van der Waals surface area contributed by atoms with E-state index in [1.54, 1.807) is 0 Å². The molecule has 4 rings (SSSR count). The lowest BCUT2D eigenvalue weighted by molar-refractivity contribution is -0.126. The van der Waals surface area contributed by atoms with Crippen LogP contribution in [0.3, 0.4) is 0 Å². The first kappa shape index (κ1) is 17.5. The molecular formula is C19H27FN4O2. The topological polar surface area (TPSA) is 48.9 Å². The summed E-state index contributed by atoms with van der Waals surface area (Å²) in [7, 11) is 0. The number of amides is 1. The summed E-state index contributed by atoms with van der Waals surface area (Å²) in [6, 6.07) is 2.05. The van der Waals surface area contributed by atoms with E-state index in [-0.39, 0.29) is 11.4 Å². The molecule has 1 amide bonds. The van der Waals surface area contributed by atoms with Crippen LogP contribution in [0.15, 0.2) is 6.07 Å². The monoisotopic (exact) mass is 362 g/mol. The molecule has 0 spiro atoms. The molecule has 142 valence electrons. The summed E-state index contributed by atoms with van der Waals surface area (Å²) in [5, 5.41) is 0. The maximum atomic E-state index is 13.9. The number of ether oxygens (including phenoxy) is 1. The minimum atomic E-state index is -0.835. The third kappa shape index (κ3) is 2.92. The summed E-state index contributed by atoms with van der Waals surface area (Å²) in [6.45, 7) is 10.1. The van der Waals surface area contributed by atoms with Gasteiger partial charge in [-0.2, -0.15) is 0 Å². The van der Waals surface area contributed by atoms with Crippen molar-refractivity contribution in [2.45, 2.75) is 45.3 Å². The van der Waals surface area contributed by atoms with E-state index in [9.17, 15) is 9.18 Å². The highest BCUT2D eigenvalue weighted by Gasteiger charge is 2.46. The smallest absolute Gasteiger partial charge is 0.229 e. The van der Waals surface area contributed by atoms with Gasteiger partial charge in [-0.15, -0.1) is 0 Å². The summed E-state index contributed by atoms with van der Waals surface area (Å²) in [4.78, 5) is 23.3. The molecule has 0 saturated carbocycles. The predicted molar refractivity (Wildman–Crippen MR) is 99.9 cm³/mol. The van der Waals surface area contributed by atoms with Gasteiger partial charge in [-0.05, 0) is 38.8 Å². The van der Waals surface area contributed by atoms with Gasteiger partial charge >= 0.3 is 0 Å². The number of aryl methyl sites for hydroxylation is 1. The van der Waals surface area contributed by atoms with E-state index in [0.717, 1.165) is 36.0 Å². The van der Waals surface area contributed by atoms with Gasteiger partial charge in [0.1, 0.15) is 12.0 Å². The third-order valence-corrected chi connectivity index (χ3v) is 5.57. The summed E-state index contributed by atoms with van der Waals surface area (Å²) >= 11 is 0. The maximum absolute atomic E-state index is 13.9. The van der Waals surface area contributed by atoms with Gasteiger partial charge < -0.3 is 19.4 Å². The Balaban J connectivity index is 1.77. The number of anilines is 3. The van der Waals surface area contributed by atoms with Crippen LogP contribution in [0, 0.1) is 6.92 Å². The Kier molecular flexibility index (Phi) is 4.29. The van der Waals surface area contributed by atoms with Gasteiger partial charge in [0.2, 0.25) is 5.91 Å². The number of nitrogens with zero attached hydrogens (tertiary/aromatic N) is 4. The maximum Gasteiger partial charge on any atom is 0.229 e. The minimum absolute atomic E-state index is 0.104. The summed E-state index contributed by atoms with van der Waals surface area (Å²) in [5.74, 6) is 1.76. The highest BCUT2D eigenvalue weighted by Crippen LogP contribution is 2.43. The normalized spacial score (nSPS) is 25.6. The molecular weight excluding hydrogens is 335 g/mol. The number of carbonyl (C=O) groups excluding carboxylic acids is 1. The molecule has 0 aromatic carbocycles. The molecule has 3 aliphatic heterocycles. The Hall–Kier alpha value is -1.89. The highest BCUT2D eigenvalue weighted by molar-refractivity contribution is 6.04. The fraction of sp³-hybridized carbons (Fsp3) is 0.684. The van der Waals surface area contributed by atoms with Crippen LogP contribution >= 0.6 is 0 Å². The lowest BCUT2D eigenvalue weighted by Gasteiger charge is -2.48. The zero-order chi connectivity index (χ0) is 18.5. The van der Waals surface area contributed by atoms with Crippen LogP contribution in [0.5, 0.6) is 0 Å². The van der Waals surface area contributed by atoms with Crippen molar-refractivity contribution in [1.29, 1.82) is 0 Å². The van der Waals surface area contributed by atoms with Crippen molar-refractivity contribution >= 4 is 23.2 Å². The van der Waals surface area contributed by atoms with E-state index in [1.165, 1.54) is 0 Å². The number of carbonyl (C=O) groups is 1. The largest absolute Gasteiger partial charge is 0.378 e. The van der Waals surface area contributed by atoms with Crippen LogP contribution in [0.25, 0.3) is 0 Å². The second kappa shape index (κ2) is 6.37. The third-order valence-electron chi connectivity index (χ3n) is 5.57. The van der Waals surface area contributed by atoms with Gasteiger partial charge in [-0.3, -0.25) is 4.79 Å². The lowest BCUT2D eigenvalue weighted by atomic mass is 9.87. The van der Waals surface area contributed by atoms with E-state index in [4.69, 9.17) is 9.72 Å². The molecule has 0 radical (unpaired) electrons. The molecule has 1 aromatic rings. The Morgan fingerprint density at radius 3 is 2.50 bits per heavy atom. The molecule has 26 heavy (non-hydrogen) atoms. The Labute approximate surface area is 153 Å². The van der Waals surface area contributed by atoms with Crippen LogP contribution in [-0.2, 0) is 9.53 Å². The molecule has 0 aliphatic carbocycles. The molecule has 1 unspecified atom stereocenters. The summed E-state index contributed by atoms with van der Waals surface area (Å²) in [5.41, 5.74) is 1.63. The zero-order valence-electron chi connectivity index (χ0n) is 15.8. The molecule has 4 heterocycles. The number of β-lactam (4-membered cyclic amide) rings is 1. The molecule has 1 atom stereocenters. The minimum Gasteiger partial charge on any atom is -0.378 e. The fourth-order valence-corrected chi connectivity index (χ4v) is 4.22. The molecule has 0 bridgehead atoms. The average molecular weight is 362 g/mol.